The number of carbonyl (C=O) groups excluding carboxylic acids is 1. The molecule has 0 radical (unpaired) electrons. The number of nitriles is 1. The molecule has 0 aliphatic carbocycles. The Morgan fingerprint density at radius 1 is 1.28 bits per heavy atom. The standard InChI is InChI=1S/C20H17ClF2N4OS/c1-19(11-24,12-27-10-14-3-6-15(21)9-17(14)26-27)25-18(28)13-4-7-16(8-5-13)29-20(2,22)23/h3-10H,12H2,1-2H3,(H,25,28). The number of nitrogens with zero attached hydrogens (tertiary/aromatic N) is 3. The molecule has 0 aliphatic rings. The molecule has 1 amide bonds. The maximum Gasteiger partial charge on any atom is 0.295 e. The van der Waals surface area contributed by atoms with Crippen molar-refractivity contribution in [2.75, 3.05) is 0 Å². The van der Waals surface area contributed by atoms with Crippen LogP contribution in [0, 0.1) is 11.3 Å². The lowest BCUT2D eigenvalue weighted by atomic mass is 10.0. The summed E-state index contributed by atoms with van der Waals surface area (Å²) in [4.78, 5) is 12.9. The van der Waals surface area contributed by atoms with Crippen molar-refractivity contribution < 1.29 is 13.6 Å². The molecule has 3 aromatic rings. The van der Waals surface area contributed by atoms with Crippen molar-refractivity contribution in [2.45, 2.75) is 36.1 Å². The molecule has 0 saturated heterocycles. The highest BCUT2D eigenvalue weighted by Gasteiger charge is 2.28. The molecule has 1 atom stereocenters. The number of hydrogen-bond donors (Lipinski definition) is 1. The third-order valence-electron chi connectivity index (χ3n) is 4.04. The molecule has 29 heavy (non-hydrogen) atoms. The van der Waals surface area contributed by atoms with Crippen LogP contribution >= 0.6 is 23.4 Å². The van der Waals surface area contributed by atoms with Gasteiger partial charge in [0.2, 0.25) is 0 Å². The normalized spacial score (nSPS) is 13.7. The van der Waals surface area contributed by atoms with Gasteiger partial charge in [-0.15, -0.1) is 0 Å². The molecule has 0 aliphatic heterocycles. The first-order chi connectivity index (χ1) is 13.6. The first-order valence-corrected chi connectivity index (χ1v) is 9.80. The molecule has 1 heterocycles. The van der Waals surface area contributed by atoms with E-state index in [9.17, 15) is 18.8 Å². The number of amides is 1. The Morgan fingerprint density at radius 2 is 1.97 bits per heavy atom. The number of benzene rings is 2. The Labute approximate surface area is 175 Å². The summed E-state index contributed by atoms with van der Waals surface area (Å²) in [5, 5.41) is 15.2. The lowest BCUT2D eigenvalue weighted by Crippen LogP contribution is -2.48. The van der Waals surface area contributed by atoms with E-state index in [-0.39, 0.29) is 12.1 Å². The number of nitrogens with one attached hydrogen (secondary N) is 1. The van der Waals surface area contributed by atoms with E-state index < -0.39 is 16.7 Å². The third-order valence-corrected chi connectivity index (χ3v) is 5.15. The number of carbonyl (C=O) groups is 1. The minimum atomic E-state index is -2.90. The van der Waals surface area contributed by atoms with Gasteiger partial charge in [-0.2, -0.15) is 19.1 Å². The zero-order valence-electron chi connectivity index (χ0n) is 15.6. The first kappa shape index (κ1) is 21.1. The summed E-state index contributed by atoms with van der Waals surface area (Å²) in [6, 6.07) is 13.2. The van der Waals surface area contributed by atoms with Gasteiger partial charge in [0.1, 0.15) is 5.54 Å². The highest BCUT2D eigenvalue weighted by atomic mass is 35.5. The number of rotatable bonds is 6. The fourth-order valence-corrected chi connectivity index (χ4v) is 3.60. The molecule has 2 aromatic carbocycles. The Morgan fingerprint density at radius 3 is 2.59 bits per heavy atom. The van der Waals surface area contributed by atoms with Crippen LogP contribution in [-0.2, 0) is 6.54 Å². The van der Waals surface area contributed by atoms with Gasteiger partial charge in [0.05, 0.1) is 18.1 Å². The molecular formula is C20H17ClF2N4OS. The molecule has 5 nitrogen and oxygen atoms in total. The van der Waals surface area contributed by atoms with Crippen molar-refractivity contribution in [3.8, 4) is 6.07 Å². The Hall–Kier alpha value is -2.63. The molecule has 0 fully saturated rings. The van der Waals surface area contributed by atoms with E-state index in [1.165, 1.54) is 24.3 Å². The summed E-state index contributed by atoms with van der Waals surface area (Å²) >= 11 is 6.37. The third kappa shape index (κ3) is 5.46. The van der Waals surface area contributed by atoms with Gasteiger partial charge < -0.3 is 5.32 Å². The maximum absolute atomic E-state index is 13.1. The summed E-state index contributed by atoms with van der Waals surface area (Å²) in [5.41, 5.74) is -0.273. The van der Waals surface area contributed by atoms with E-state index in [1.807, 2.05) is 6.07 Å². The fraction of sp³-hybridized carbons (Fsp3) is 0.250. The number of alkyl halides is 2. The van der Waals surface area contributed by atoms with Gasteiger partial charge in [-0.1, -0.05) is 23.4 Å². The van der Waals surface area contributed by atoms with Crippen LogP contribution in [0.4, 0.5) is 8.78 Å². The van der Waals surface area contributed by atoms with Gasteiger partial charge in [-0.3, -0.25) is 9.48 Å². The molecule has 3 rings (SSSR count). The largest absolute Gasteiger partial charge is 0.332 e. The van der Waals surface area contributed by atoms with Crippen molar-refractivity contribution in [3.05, 3.63) is 59.2 Å². The predicted molar refractivity (Wildman–Crippen MR) is 109 cm³/mol. The van der Waals surface area contributed by atoms with E-state index in [1.54, 1.807) is 29.9 Å². The van der Waals surface area contributed by atoms with Gasteiger partial charge in [0.15, 0.2) is 0 Å². The van der Waals surface area contributed by atoms with Crippen LogP contribution in [0.1, 0.15) is 24.2 Å². The molecule has 1 N–H and O–H groups in total. The minimum absolute atomic E-state index is 0.123. The molecule has 0 saturated carbocycles. The molecule has 1 aromatic heterocycles. The van der Waals surface area contributed by atoms with Crippen LogP contribution in [0.15, 0.2) is 53.6 Å². The summed E-state index contributed by atoms with van der Waals surface area (Å²) in [6.07, 6.45) is 1.77. The van der Waals surface area contributed by atoms with Gasteiger partial charge in [0.25, 0.3) is 11.2 Å². The second-order valence-corrected chi connectivity index (χ2v) is 8.69. The highest BCUT2D eigenvalue weighted by molar-refractivity contribution is 8.00. The van der Waals surface area contributed by atoms with E-state index in [2.05, 4.69) is 16.5 Å². The van der Waals surface area contributed by atoms with Crippen LogP contribution < -0.4 is 5.32 Å². The summed E-state index contributed by atoms with van der Waals surface area (Å²) in [7, 11) is 0. The smallest absolute Gasteiger partial charge is 0.295 e. The predicted octanol–water partition coefficient (Wildman–Crippen LogP) is 5.11. The van der Waals surface area contributed by atoms with Gasteiger partial charge in [0, 0.05) is 34.0 Å². The second-order valence-electron chi connectivity index (χ2n) is 6.86. The number of aromatic nitrogens is 2. The van der Waals surface area contributed by atoms with E-state index >= 15 is 0 Å². The zero-order chi connectivity index (χ0) is 21.2. The second kappa shape index (κ2) is 8.01. The molecular weight excluding hydrogens is 418 g/mol. The zero-order valence-corrected chi connectivity index (χ0v) is 17.2. The minimum Gasteiger partial charge on any atom is -0.332 e. The van der Waals surface area contributed by atoms with Gasteiger partial charge >= 0.3 is 0 Å². The number of hydrogen-bond acceptors (Lipinski definition) is 4. The van der Waals surface area contributed by atoms with Crippen LogP contribution in [-0.4, -0.2) is 26.5 Å². The lowest BCUT2D eigenvalue weighted by molar-refractivity contribution is 0.0917. The summed E-state index contributed by atoms with van der Waals surface area (Å²) in [5.74, 6) is -0.478. The van der Waals surface area contributed by atoms with Crippen molar-refractivity contribution in [1.29, 1.82) is 5.26 Å². The van der Waals surface area contributed by atoms with Crippen molar-refractivity contribution in [3.63, 3.8) is 0 Å². The fourth-order valence-electron chi connectivity index (χ4n) is 2.75. The topological polar surface area (TPSA) is 70.7 Å². The molecule has 1 unspecified atom stereocenters. The molecule has 0 bridgehead atoms. The van der Waals surface area contributed by atoms with Gasteiger partial charge in [-0.25, -0.2) is 0 Å². The van der Waals surface area contributed by atoms with Crippen molar-refractivity contribution in [1.82, 2.24) is 15.1 Å². The van der Waals surface area contributed by atoms with Crippen LogP contribution in [0.2, 0.25) is 5.02 Å². The Balaban J connectivity index is 1.73. The average molecular weight is 435 g/mol. The van der Waals surface area contributed by atoms with Crippen LogP contribution in [0.5, 0.6) is 0 Å². The Bertz CT molecular complexity index is 1090. The lowest BCUT2D eigenvalue weighted by Gasteiger charge is -2.23. The number of thioether (sulfide) groups is 1. The monoisotopic (exact) mass is 434 g/mol. The number of halogens is 3. The van der Waals surface area contributed by atoms with Crippen molar-refractivity contribution in [2.24, 2.45) is 0 Å². The first-order valence-electron chi connectivity index (χ1n) is 8.60. The molecule has 9 heteroatoms. The summed E-state index contributed by atoms with van der Waals surface area (Å²) in [6.45, 7) is 2.52. The SMILES string of the molecule is CC(C#N)(Cn1cc2ccc(Cl)cc2n1)NC(=O)c1ccc(SC(C)(F)F)cc1. The highest BCUT2D eigenvalue weighted by Crippen LogP contribution is 2.35. The molecule has 0 spiro atoms. The van der Waals surface area contributed by atoms with Crippen molar-refractivity contribution >= 4 is 40.2 Å². The summed E-state index contributed by atoms with van der Waals surface area (Å²) < 4.78 is 27.7. The average Bonchev–Trinajstić information content (AvgIpc) is 3.01. The molecule has 150 valence electrons. The maximum atomic E-state index is 13.1. The van der Waals surface area contributed by atoms with Crippen LogP contribution in [0.3, 0.4) is 0 Å². The Kier molecular flexibility index (Phi) is 5.82. The van der Waals surface area contributed by atoms with E-state index in [4.69, 9.17) is 11.6 Å². The number of fused-ring (bicyclic) bond motifs is 1. The van der Waals surface area contributed by atoms with Crippen LogP contribution in [0.25, 0.3) is 10.9 Å². The van der Waals surface area contributed by atoms with E-state index in [0.717, 1.165) is 12.3 Å². The van der Waals surface area contributed by atoms with E-state index in [0.29, 0.717) is 27.2 Å². The quantitative estimate of drug-likeness (QED) is 0.547. The van der Waals surface area contributed by atoms with Gasteiger partial charge in [-0.05, 0) is 49.4 Å².